The number of fused-ring (bicyclic) bond motifs is 1. The van der Waals surface area contributed by atoms with Crippen LogP contribution in [0.1, 0.15) is 24.2 Å². The number of hydrogen-bond donors (Lipinski definition) is 0. The molecule has 0 radical (unpaired) electrons. The lowest BCUT2D eigenvalue weighted by Crippen LogP contribution is -2.39. The molecule has 1 heterocycles. The highest BCUT2D eigenvalue weighted by Gasteiger charge is 2.24. The van der Waals surface area contributed by atoms with Crippen LogP contribution in [0.5, 0.6) is 11.5 Å². The molecule has 162 valence electrons. The molecule has 0 atom stereocenters. The van der Waals surface area contributed by atoms with Gasteiger partial charge in [0.2, 0.25) is 0 Å². The summed E-state index contributed by atoms with van der Waals surface area (Å²) in [5.41, 5.74) is 1.39. The maximum Gasteiger partial charge on any atom is 0.263 e. The van der Waals surface area contributed by atoms with E-state index in [-0.39, 0.29) is 18.3 Å². The fraction of sp³-hybridized carbons (Fsp3) is 0.364. The Kier molecular flexibility index (Phi) is 8.89. The van der Waals surface area contributed by atoms with Crippen LogP contribution in [0.25, 0.3) is 10.2 Å². The third-order valence-electron chi connectivity index (χ3n) is 4.93. The largest absolute Gasteiger partial charge is 0.497 e. The predicted octanol–water partition coefficient (Wildman–Crippen LogP) is 4.72. The van der Waals surface area contributed by atoms with Crippen molar-refractivity contribution in [2.24, 2.45) is 0 Å². The summed E-state index contributed by atoms with van der Waals surface area (Å²) in [7, 11) is 3.15. The van der Waals surface area contributed by atoms with Gasteiger partial charge in [-0.1, -0.05) is 37.3 Å². The molecule has 3 rings (SSSR count). The maximum atomic E-state index is 13.5. The number of thiazole rings is 1. The maximum absolute atomic E-state index is 13.5. The molecular weight excluding hydrogens is 422 g/mol. The van der Waals surface area contributed by atoms with Gasteiger partial charge >= 0.3 is 0 Å². The molecule has 0 unspecified atom stereocenters. The average Bonchev–Trinajstić information content (AvgIpc) is 3.19. The molecule has 0 bridgehead atoms. The van der Waals surface area contributed by atoms with Crippen LogP contribution in [0.3, 0.4) is 0 Å². The summed E-state index contributed by atoms with van der Waals surface area (Å²) >= 11 is 1.53. The second-order valence-electron chi connectivity index (χ2n) is 6.51. The number of benzene rings is 2. The van der Waals surface area contributed by atoms with Crippen molar-refractivity contribution in [1.82, 2.24) is 9.88 Å². The number of methoxy groups -OCH3 is 2. The lowest BCUT2D eigenvalue weighted by molar-refractivity contribution is 0.0981. The Morgan fingerprint density at radius 2 is 1.77 bits per heavy atom. The number of amides is 1. The first-order valence-corrected chi connectivity index (χ1v) is 10.5. The smallest absolute Gasteiger partial charge is 0.263 e. The van der Waals surface area contributed by atoms with Gasteiger partial charge in [0.05, 0.1) is 30.0 Å². The first-order valence-electron chi connectivity index (χ1n) is 9.73. The quantitative estimate of drug-likeness (QED) is 0.473. The van der Waals surface area contributed by atoms with Crippen molar-refractivity contribution in [1.29, 1.82) is 0 Å². The predicted molar refractivity (Wildman–Crippen MR) is 126 cm³/mol. The Morgan fingerprint density at radius 1 is 1.03 bits per heavy atom. The number of nitrogens with zero attached hydrogens (tertiary/aromatic N) is 3. The summed E-state index contributed by atoms with van der Waals surface area (Å²) < 4.78 is 11.8. The number of aromatic nitrogens is 1. The monoisotopic (exact) mass is 449 g/mol. The van der Waals surface area contributed by atoms with Crippen molar-refractivity contribution in [3.63, 3.8) is 0 Å². The van der Waals surface area contributed by atoms with Gasteiger partial charge in [-0.3, -0.25) is 9.69 Å². The third kappa shape index (κ3) is 5.22. The number of rotatable bonds is 9. The molecule has 8 heteroatoms. The zero-order valence-corrected chi connectivity index (χ0v) is 19.4. The van der Waals surface area contributed by atoms with Crippen LogP contribution in [0.4, 0.5) is 5.13 Å². The van der Waals surface area contributed by atoms with Gasteiger partial charge < -0.3 is 14.4 Å². The fourth-order valence-electron chi connectivity index (χ4n) is 3.16. The summed E-state index contributed by atoms with van der Waals surface area (Å²) in [5, 5.41) is 0.696. The summed E-state index contributed by atoms with van der Waals surface area (Å²) in [5.74, 6) is 1.01. The number of para-hydroxylation sites is 1. The highest BCUT2D eigenvalue weighted by Crippen LogP contribution is 2.32. The molecular formula is C22H28ClN3O3S. The molecule has 3 aromatic rings. The van der Waals surface area contributed by atoms with Crippen LogP contribution in [0.15, 0.2) is 42.5 Å². The van der Waals surface area contributed by atoms with Crippen LogP contribution in [-0.2, 0) is 0 Å². The van der Waals surface area contributed by atoms with Gasteiger partial charge in [-0.25, -0.2) is 4.98 Å². The van der Waals surface area contributed by atoms with Gasteiger partial charge in [0.25, 0.3) is 5.91 Å². The zero-order valence-electron chi connectivity index (χ0n) is 17.8. The Morgan fingerprint density at radius 3 is 2.40 bits per heavy atom. The number of halogens is 1. The van der Waals surface area contributed by atoms with E-state index in [0.29, 0.717) is 28.7 Å². The molecule has 30 heavy (non-hydrogen) atoms. The molecule has 1 aromatic heterocycles. The number of ether oxygens (including phenoxy) is 2. The number of likely N-dealkylation sites (N-methyl/N-ethyl adjacent to an activating group) is 1. The lowest BCUT2D eigenvalue weighted by Gasteiger charge is -2.25. The first-order chi connectivity index (χ1) is 14.1. The molecule has 1 amide bonds. The molecule has 0 fully saturated rings. The van der Waals surface area contributed by atoms with Gasteiger partial charge in [0.1, 0.15) is 11.5 Å². The summed E-state index contributed by atoms with van der Waals surface area (Å²) in [6.07, 6.45) is 0. The van der Waals surface area contributed by atoms with Crippen LogP contribution >= 0.6 is 23.7 Å². The Balaban J connectivity index is 0.00000320. The standard InChI is InChI=1S/C22H27N3O3S.ClH/c1-5-24(6-2)13-14-25(22-23-18-9-7-8-10-20(18)29-22)21(26)17-12-11-16(27-3)15-19(17)28-4;/h7-12,15H,5-6,13-14H2,1-4H3;1H. The molecule has 2 aromatic carbocycles. The van der Waals surface area contributed by atoms with Gasteiger partial charge in [-0.15, -0.1) is 12.4 Å². The zero-order chi connectivity index (χ0) is 20.8. The van der Waals surface area contributed by atoms with Crippen molar-refractivity contribution < 1.29 is 14.3 Å². The number of hydrogen-bond acceptors (Lipinski definition) is 6. The van der Waals surface area contributed by atoms with Crippen molar-refractivity contribution in [3.8, 4) is 11.5 Å². The third-order valence-corrected chi connectivity index (χ3v) is 5.99. The van der Waals surface area contributed by atoms with E-state index in [1.807, 2.05) is 24.3 Å². The van der Waals surface area contributed by atoms with Gasteiger partial charge in [0, 0.05) is 19.2 Å². The number of carbonyl (C=O) groups excluding carboxylic acids is 1. The molecule has 0 saturated heterocycles. The summed E-state index contributed by atoms with van der Waals surface area (Å²) in [4.78, 5) is 22.3. The number of carbonyl (C=O) groups is 1. The Hall–Kier alpha value is -2.35. The van der Waals surface area contributed by atoms with E-state index in [2.05, 4.69) is 18.7 Å². The van der Waals surface area contributed by atoms with E-state index in [1.54, 1.807) is 37.3 Å². The SMILES string of the molecule is CCN(CC)CCN(C(=O)c1ccc(OC)cc1OC)c1nc2ccccc2s1.Cl. The van der Waals surface area contributed by atoms with Crippen molar-refractivity contribution in [3.05, 3.63) is 48.0 Å². The summed E-state index contributed by atoms with van der Waals surface area (Å²) in [6, 6.07) is 13.2. The minimum Gasteiger partial charge on any atom is -0.497 e. The normalized spacial score (nSPS) is 10.7. The van der Waals surface area contributed by atoms with Crippen molar-refractivity contribution in [2.45, 2.75) is 13.8 Å². The van der Waals surface area contributed by atoms with E-state index in [9.17, 15) is 4.79 Å². The van der Waals surface area contributed by atoms with E-state index in [1.165, 1.54) is 11.3 Å². The van der Waals surface area contributed by atoms with Crippen LogP contribution < -0.4 is 14.4 Å². The fourth-order valence-corrected chi connectivity index (χ4v) is 4.15. The van der Waals surface area contributed by atoms with Crippen molar-refractivity contribution in [2.75, 3.05) is 45.3 Å². The van der Waals surface area contributed by atoms with E-state index in [0.717, 1.165) is 29.9 Å². The molecule has 0 spiro atoms. The van der Waals surface area contributed by atoms with Crippen molar-refractivity contribution >= 4 is 45.0 Å². The minimum atomic E-state index is -0.129. The number of anilines is 1. The Labute approximate surface area is 187 Å². The van der Waals surface area contributed by atoms with Gasteiger partial charge in [-0.2, -0.15) is 0 Å². The molecule has 0 aliphatic rings. The molecule has 0 aliphatic heterocycles. The van der Waals surface area contributed by atoms with E-state index in [4.69, 9.17) is 14.5 Å². The van der Waals surface area contributed by atoms with Crippen LogP contribution in [-0.4, -0.2) is 56.2 Å². The van der Waals surface area contributed by atoms with Crippen LogP contribution in [0.2, 0.25) is 0 Å². The second kappa shape index (κ2) is 11.2. The van der Waals surface area contributed by atoms with Gasteiger partial charge in [0.15, 0.2) is 5.13 Å². The molecule has 0 saturated carbocycles. The van der Waals surface area contributed by atoms with E-state index < -0.39 is 0 Å². The second-order valence-corrected chi connectivity index (χ2v) is 7.52. The molecule has 6 nitrogen and oxygen atoms in total. The average molecular weight is 450 g/mol. The minimum absolute atomic E-state index is 0. The summed E-state index contributed by atoms with van der Waals surface area (Å²) in [6.45, 7) is 7.44. The highest BCUT2D eigenvalue weighted by molar-refractivity contribution is 7.22. The molecule has 0 aliphatic carbocycles. The molecule has 0 N–H and O–H groups in total. The van der Waals surface area contributed by atoms with Crippen LogP contribution in [0, 0.1) is 0 Å². The van der Waals surface area contributed by atoms with E-state index >= 15 is 0 Å². The van der Waals surface area contributed by atoms with Gasteiger partial charge in [-0.05, 0) is 37.4 Å². The lowest BCUT2D eigenvalue weighted by atomic mass is 10.1. The Bertz CT molecular complexity index is 942. The topological polar surface area (TPSA) is 54.9 Å². The first kappa shape index (κ1) is 23.9. The highest BCUT2D eigenvalue weighted by atomic mass is 35.5.